The van der Waals surface area contributed by atoms with Gasteiger partial charge < -0.3 is 11.5 Å². The summed E-state index contributed by atoms with van der Waals surface area (Å²) < 4.78 is 0. The third-order valence-electron chi connectivity index (χ3n) is 1.11. The average molecular weight is 146 g/mol. The average Bonchev–Trinajstić information content (AvgIpc) is 1.63. The summed E-state index contributed by atoms with van der Waals surface area (Å²) in [5.41, 5.74) is 0. The highest BCUT2D eigenvalue weighted by Gasteiger charge is 1.93. The van der Waals surface area contributed by atoms with E-state index in [9.17, 15) is 0 Å². The lowest BCUT2D eigenvalue weighted by atomic mass is 10.2. The van der Waals surface area contributed by atoms with Gasteiger partial charge in [0, 0.05) is 0 Å². The SMILES string of the molecule is CC(C)CNCC(C)C.N. The van der Waals surface area contributed by atoms with E-state index < -0.39 is 0 Å². The highest BCUT2D eigenvalue weighted by molar-refractivity contribution is 4.52. The molecular formula is C8H22N2. The third-order valence-corrected chi connectivity index (χ3v) is 1.11. The topological polar surface area (TPSA) is 47.0 Å². The van der Waals surface area contributed by atoms with Gasteiger partial charge in [-0.1, -0.05) is 27.7 Å². The van der Waals surface area contributed by atoms with Crippen molar-refractivity contribution in [3.8, 4) is 0 Å². The van der Waals surface area contributed by atoms with Crippen LogP contribution >= 0.6 is 0 Å². The molecule has 0 bridgehead atoms. The summed E-state index contributed by atoms with van der Waals surface area (Å²) in [6, 6.07) is 0. The summed E-state index contributed by atoms with van der Waals surface area (Å²) in [4.78, 5) is 0. The maximum Gasteiger partial charge on any atom is -0.00257 e. The Morgan fingerprint density at radius 1 is 0.900 bits per heavy atom. The molecule has 0 fully saturated rings. The molecule has 0 rings (SSSR count). The predicted molar refractivity (Wildman–Crippen MR) is 47.6 cm³/mol. The molecule has 2 nitrogen and oxygen atoms in total. The molecule has 0 saturated carbocycles. The van der Waals surface area contributed by atoms with Gasteiger partial charge >= 0.3 is 0 Å². The second-order valence-electron chi connectivity index (χ2n) is 3.45. The lowest BCUT2D eigenvalue weighted by Gasteiger charge is -2.08. The molecule has 0 aliphatic heterocycles. The quantitative estimate of drug-likeness (QED) is 0.637. The van der Waals surface area contributed by atoms with Gasteiger partial charge in [0.15, 0.2) is 0 Å². The number of hydrogen-bond donors (Lipinski definition) is 2. The van der Waals surface area contributed by atoms with Crippen LogP contribution in [0.3, 0.4) is 0 Å². The summed E-state index contributed by atoms with van der Waals surface area (Å²) in [7, 11) is 0. The van der Waals surface area contributed by atoms with Crippen molar-refractivity contribution in [2.75, 3.05) is 13.1 Å². The molecule has 0 atom stereocenters. The van der Waals surface area contributed by atoms with Crippen molar-refractivity contribution < 1.29 is 0 Å². The molecule has 4 N–H and O–H groups in total. The predicted octanol–water partition coefficient (Wildman–Crippen LogP) is 2.05. The fourth-order valence-corrected chi connectivity index (χ4v) is 0.661. The molecule has 0 aliphatic carbocycles. The molecule has 64 valence electrons. The van der Waals surface area contributed by atoms with Crippen LogP contribution in [0.4, 0.5) is 0 Å². The van der Waals surface area contributed by atoms with E-state index in [-0.39, 0.29) is 6.15 Å². The van der Waals surface area contributed by atoms with Gasteiger partial charge in [0.2, 0.25) is 0 Å². The van der Waals surface area contributed by atoms with Crippen LogP contribution in [-0.2, 0) is 0 Å². The first-order valence-electron chi connectivity index (χ1n) is 3.83. The van der Waals surface area contributed by atoms with Crippen molar-refractivity contribution in [3.63, 3.8) is 0 Å². The van der Waals surface area contributed by atoms with Crippen LogP contribution in [0.25, 0.3) is 0 Å². The largest absolute Gasteiger partial charge is 0.344 e. The van der Waals surface area contributed by atoms with E-state index in [2.05, 4.69) is 33.0 Å². The Bertz CT molecular complexity index is 52.3. The van der Waals surface area contributed by atoms with Crippen LogP contribution in [0, 0.1) is 11.8 Å². The Morgan fingerprint density at radius 2 is 1.20 bits per heavy atom. The molecule has 0 amide bonds. The van der Waals surface area contributed by atoms with Crippen LogP contribution < -0.4 is 11.5 Å². The first-order valence-corrected chi connectivity index (χ1v) is 3.83. The minimum atomic E-state index is 0. The Kier molecular flexibility index (Phi) is 8.85. The molecule has 10 heavy (non-hydrogen) atoms. The van der Waals surface area contributed by atoms with Gasteiger partial charge in [-0.25, -0.2) is 0 Å². The van der Waals surface area contributed by atoms with Crippen molar-refractivity contribution in [2.45, 2.75) is 27.7 Å². The summed E-state index contributed by atoms with van der Waals surface area (Å²) in [6.45, 7) is 11.2. The van der Waals surface area contributed by atoms with Crippen LogP contribution in [-0.4, -0.2) is 13.1 Å². The summed E-state index contributed by atoms with van der Waals surface area (Å²) in [5.74, 6) is 1.56. The minimum absolute atomic E-state index is 0. The van der Waals surface area contributed by atoms with Gasteiger partial charge in [0.1, 0.15) is 0 Å². The second-order valence-corrected chi connectivity index (χ2v) is 3.45. The highest BCUT2D eigenvalue weighted by atomic mass is 14.9. The maximum absolute atomic E-state index is 3.38. The molecular weight excluding hydrogens is 124 g/mol. The van der Waals surface area contributed by atoms with E-state index >= 15 is 0 Å². The van der Waals surface area contributed by atoms with Crippen molar-refractivity contribution in [1.82, 2.24) is 11.5 Å². The van der Waals surface area contributed by atoms with Crippen molar-refractivity contribution in [1.29, 1.82) is 0 Å². The Balaban J connectivity index is 0. The monoisotopic (exact) mass is 146 g/mol. The van der Waals surface area contributed by atoms with Gasteiger partial charge in [-0.3, -0.25) is 0 Å². The minimum Gasteiger partial charge on any atom is -0.344 e. The Hall–Kier alpha value is -0.0800. The van der Waals surface area contributed by atoms with E-state index in [0.29, 0.717) is 0 Å². The zero-order valence-electron chi connectivity index (χ0n) is 7.78. The zero-order valence-corrected chi connectivity index (χ0v) is 7.78. The fraction of sp³-hybridized carbons (Fsp3) is 1.00. The van der Waals surface area contributed by atoms with Crippen LogP contribution in [0.15, 0.2) is 0 Å². The first-order chi connectivity index (χ1) is 4.13. The number of rotatable bonds is 4. The zero-order chi connectivity index (χ0) is 7.28. The molecule has 0 aromatic carbocycles. The lowest BCUT2D eigenvalue weighted by Crippen LogP contribution is -2.23. The van der Waals surface area contributed by atoms with Gasteiger partial charge in [-0.05, 0) is 24.9 Å². The molecule has 0 heterocycles. The molecule has 0 unspecified atom stereocenters. The number of hydrogen-bond acceptors (Lipinski definition) is 2. The first kappa shape index (κ1) is 12.6. The van der Waals surface area contributed by atoms with Crippen LogP contribution in [0.1, 0.15) is 27.7 Å². The van der Waals surface area contributed by atoms with Gasteiger partial charge in [0.05, 0.1) is 0 Å². The van der Waals surface area contributed by atoms with Crippen LogP contribution in [0.2, 0.25) is 0 Å². The Morgan fingerprint density at radius 3 is 1.40 bits per heavy atom. The molecule has 0 aromatic heterocycles. The highest BCUT2D eigenvalue weighted by Crippen LogP contribution is 1.90. The third kappa shape index (κ3) is 10.8. The normalized spacial score (nSPS) is 10.2. The van der Waals surface area contributed by atoms with E-state index in [1.165, 1.54) is 0 Å². The summed E-state index contributed by atoms with van der Waals surface area (Å²) >= 11 is 0. The fourth-order valence-electron chi connectivity index (χ4n) is 0.661. The molecule has 2 heteroatoms. The Labute approximate surface area is 65.0 Å². The van der Waals surface area contributed by atoms with E-state index in [0.717, 1.165) is 24.9 Å². The molecule has 0 aromatic rings. The van der Waals surface area contributed by atoms with E-state index in [4.69, 9.17) is 0 Å². The van der Waals surface area contributed by atoms with Gasteiger partial charge in [-0.15, -0.1) is 0 Å². The molecule has 0 aliphatic rings. The van der Waals surface area contributed by atoms with Crippen molar-refractivity contribution >= 4 is 0 Å². The summed E-state index contributed by atoms with van der Waals surface area (Å²) in [6.07, 6.45) is 0. The van der Waals surface area contributed by atoms with E-state index in [1.807, 2.05) is 0 Å². The van der Waals surface area contributed by atoms with Gasteiger partial charge in [0.25, 0.3) is 0 Å². The summed E-state index contributed by atoms with van der Waals surface area (Å²) in [5, 5.41) is 3.38. The molecule has 0 spiro atoms. The van der Waals surface area contributed by atoms with Gasteiger partial charge in [-0.2, -0.15) is 0 Å². The molecule has 0 radical (unpaired) electrons. The van der Waals surface area contributed by atoms with Crippen LogP contribution in [0.5, 0.6) is 0 Å². The van der Waals surface area contributed by atoms with Crippen molar-refractivity contribution in [2.24, 2.45) is 11.8 Å². The standard InChI is InChI=1S/C8H19N.H3N/c1-7(2)5-9-6-8(3)4;/h7-9H,5-6H2,1-4H3;1H3. The maximum atomic E-state index is 3.38. The van der Waals surface area contributed by atoms with Crippen molar-refractivity contribution in [3.05, 3.63) is 0 Å². The lowest BCUT2D eigenvalue weighted by molar-refractivity contribution is 0.497. The molecule has 0 saturated heterocycles. The number of nitrogens with one attached hydrogen (secondary N) is 1. The second kappa shape index (κ2) is 7.03. The van der Waals surface area contributed by atoms with E-state index in [1.54, 1.807) is 0 Å². The smallest absolute Gasteiger partial charge is 0.00257 e.